The monoisotopic (exact) mass is 185 g/mol. The lowest BCUT2D eigenvalue weighted by atomic mass is 10.3. The molecular weight excluding hydrogens is 170 g/mol. The molecule has 4 heteroatoms. The Kier molecular flexibility index (Phi) is 2.44. The molecule has 2 aliphatic rings. The van der Waals surface area contributed by atoms with Crippen molar-refractivity contribution in [1.82, 2.24) is 5.32 Å². The van der Waals surface area contributed by atoms with Crippen LogP contribution in [0.1, 0.15) is 19.3 Å². The van der Waals surface area contributed by atoms with Crippen LogP contribution in [0.4, 0.5) is 0 Å². The van der Waals surface area contributed by atoms with Gasteiger partial charge in [-0.05, 0) is 25.0 Å². The molecule has 0 spiro atoms. The van der Waals surface area contributed by atoms with Gasteiger partial charge in [0, 0.05) is 11.8 Å². The smallest absolute Gasteiger partial charge is 0.189 e. The maximum Gasteiger partial charge on any atom is 0.189 e. The number of guanidine groups is 1. The van der Waals surface area contributed by atoms with E-state index in [-0.39, 0.29) is 0 Å². The zero-order chi connectivity index (χ0) is 8.39. The molecular formula is C8H15N3S. The van der Waals surface area contributed by atoms with Crippen LogP contribution in [0.2, 0.25) is 0 Å². The van der Waals surface area contributed by atoms with Crippen LogP contribution in [0, 0.1) is 0 Å². The molecule has 3 N–H and O–H groups in total. The second-order valence-corrected chi connectivity index (χ2v) is 4.60. The van der Waals surface area contributed by atoms with Gasteiger partial charge in [-0.25, -0.2) is 0 Å². The fraction of sp³-hybridized carbons (Fsp3) is 0.875. The number of nitrogens with zero attached hydrogens (tertiary/aromatic N) is 1. The fourth-order valence-corrected chi connectivity index (χ4v) is 2.45. The topological polar surface area (TPSA) is 50.4 Å². The van der Waals surface area contributed by atoms with Crippen molar-refractivity contribution in [3.63, 3.8) is 0 Å². The summed E-state index contributed by atoms with van der Waals surface area (Å²) in [7, 11) is 0. The molecule has 0 aromatic carbocycles. The number of thioether (sulfide) groups is 1. The van der Waals surface area contributed by atoms with Gasteiger partial charge in [0.05, 0.1) is 6.04 Å². The van der Waals surface area contributed by atoms with Gasteiger partial charge in [-0.15, -0.1) is 0 Å². The second kappa shape index (κ2) is 3.56. The van der Waals surface area contributed by atoms with Gasteiger partial charge in [0.2, 0.25) is 0 Å². The molecule has 1 aliphatic heterocycles. The van der Waals surface area contributed by atoms with Crippen LogP contribution in [0.3, 0.4) is 0 Å². The van der Waals surface area contributed by atoms with Gasteiger partial charge >= 0.3 is 0 Å². The Morgan fingerprint density at radius 1 is 1.42 bits per heavy atom. The minimum atomic E-state index is 0.534. The van der Waals surface area contributed by atoms with E-state index in [1.807, 2.05) is 11.8 Å². The molecule has 0 radical (unpaired) electrons. The highest BCUT2D eigenvalue weighted by Gasteiger charge is 2.21. The third kappa shape index (κ3) is 2.30. The minimum Gasteiger partial charge on any atom is -0.370 e. The predicted octanol–water partition coefficient (Wildman–Crippen LogP) is 0.559. The Hall–Kier alpha value is -0.380. The van der Waals surface area contributed by atoms with Crippen LogP contribution in [0.25, 0.3) is 0 Å². The normalized spacial score (nSPS) is 30.7. The van der Waals surface area contributed by atoms with Gasteiger partial charge in [0.1, 0.15) is 0 Å². The van der Waals surface area contributed by atoms with Gasteiger partial charge in [-0.2, -0.15) is 11.8 Å². The highest BCUT2D eigenvalue weighted by atomic mass is 32.2. The standard InChI is InChI=1S/C8H15N3S/c9-8(10-6-1-2-6)11-7-3-4-12-5-7/h6-7H,1-5H2,(H3,9,10,11). The van der Waals surface area contributed by atoms with Crippen molar-refractivity contribution < 1.29 is 0 Å². The van der Waals surface area contributed by atoms with E-state index in [1.165, 1.54) is 30.8 Å². The summed E-state index contributed by atoms with van der Waals surface area (Å²) in [5.74, 6) is 3.10. The highest BCUT2D eigenvalue weighted by molar-refractivity contribution is 7.99. The largest absolute Gasteiger partial charge is 0.370 e. The fourth-order valence-electron chi connectivity index (χ4n) is 1.30. The van der Waals surface area contributed by atoms with E-state index < -0.39 is 0 Å². The molecule has 0 aromatic heterocycles. The van der Waals surface area contributed by atoms with Crippen LogP contribution >= 0.6 is 11.8 Å². The van der Waals surface area contributed by atoms with Crippen LogP contribution in [-0.4, -0.2) is 29.5 Å². The van der Waals surface area contributed by atoms with Gasteiger partial charge in [-0.1, -0.05) is 0 Å². The molecule has 68 valence electrons. The van der Waals surface area contributed by atoms with Gasteiger partial charge in [0.25, 0.3) is 0 Å². The third-order valence-electron chi connectivity index (χ3n) is 2.15. The summed E-state index contributed by atoms with van der Waals surface area (Å²) in [6.07, 6.45) is 3.68. The Bertz CT molecular complexity index is 183. The molecule has 1 atom stereocenters. The second-order valence-electron chi connectivity index (χ2n) is 3.45. The van der Waals surface area contributed by atoms with E-state index in [4.69, 9.17) is 5.73 Å². The van der Waals surface area contributed by atoms with E-state index in [9.17, 15) is 0 Å². The number of hydrogen-bond acceptors (Lipinski definition) is 2. The van der Waals surface area contributed by atoms with Crippen molar-refractivity contribution in [3.05, 3.63) is 0 Å². The van der Waals surface area contributed by atoms with E-state index in [0.29, 0.717) is 18.0 Å². The van der Waals surface area contributed by atoms with Gasteiger partial charge < -0.3 is 11.1 Å². The first-order valence-electron chi connectivity index (χ1n) is 4.52. The summed E-state index contributed by atoms with van der Waals surface area (Å²) in [5, 5.41) is 3.26. The molecule has 1 saturated heterocycles. The first kappa shape index (κ1) is 8.23. The molecule has 1 saturated carbocycles. The Morgan fingerprint density at radius 3 is 2.83 bits per heavy atom. The predicted molar refractivity (Wildman–Crippen MR) is 53.5 cm³/mol. The molecule has 0 amide bonds. The number of hydrogen-bond donors (Lipinski definition) is 2. The zero-order valence-corrected chi connectivity index (χ0v) is 7.94. The summed E-state index contributed by atoms with van der Waals surface area (Å²) in [4.78, 5) is 4.33. The van der Waals surface area contributed by atoms with Crippen molar-refractivity contribution in [2.75, 3.05) is 11.5 Å². The third-order valence-corrected chi connectivity index (χ3v) is 3.31. The van der Waals surface area contributed by atoms with Gasteiger partial charge in [0.15, 0.2) is 5.96 Å². The van der Waals surface area contributed by atoms with Crippen LogP contribution in [0.15, 0.2) is 4.99 Å². The first-order chi connectivity index (χ1) is 5.84. The molecule has 1 aliphatic carbocycles. The van der Waals surface area contributed by atoms with Crippen LogP contribution in [-0.2, 0) is 0 Å². The quantitative estimate of drug-likeness (QED) is 0.488. The van der Waals surface area contributed by atoms with Crippen LogP contribution < -0.4 is 11.1 Å². The number of aliphatic imine (C=N–C) groups is 1. The number of rotatable bonds is 2. The maximum absolute atomic E-state index is 5.72. The average Bonchev–Trinajstić information content (AvgIpc) is 2.66. The van der Waals surface area contributed by atoms with Crippen molar-refractivity contribution >= 4 is 17.7 Å². The molecule has 0 aromatic rings. The minimum absolute atomic E-state index is 0.534. The Balaban J connectivity index is 1.76. The van der Waals surface area contributed by atoms with Crippen molar-refractivity contribution in [2.45, 2.75) is 31.3 Å². The summed E-state index contributed by atoms with van der Waals surface area (Å²) < 4.78 is 0. The van der Waals surface area contributed by atoms with E-state index >= 15 is 0 Å². The summed E-state index contributed by atoms with van der Waals surface area (Å²) in [6.45, 7) is 0. The first-order valence-corrected chi connectivity index (χ1v) is 5.67. The zero-order valence-electron chi connectivity index (χ0n) is 7.12. The van der Waals surface area contributed by atoms with E-state index in [2.05, 4.69) is 10.3 Å². The molecule has 3 nitrogen and oxygen atoms in total. The Morgan fingerprint density at radius 2 is 2.25 bits per heavy atom. The van der Waals surface area contributed by atoms with Crippen molar-refractivity contribution in [3.8, 4) is 0 Å². The Labute approximate surface area is 77.2 Å². The van der Waals surface area contributed by atoms with E-state index in [1.54, 1.807) is 0 Å². The van der Waals surface area contributed by atoms with Crippen LogP contribution in [0.5, 0.6) is 0 Å². The van der Waals surface area contributed by atoms with E-state index in [0.717, 1.165) is 0 Å². The highest BCUT2D eigenvalue weighted by Crippen LogP contribution is 2.23. The molecule has 1 unspecified atom stereocenters. The lowest BCUT2D eigenvalue weighted by Crippen LogP contribution is -2.40. The van der Waals surface area contributed by atoms with Crippen molar-refractivity contribution in [1.29, 1.82) is 0 Å². The molecule has 2 rings (SSSR count). The summed E-state index contributed by atoms with van der Waals surface area (Å²) >= 11 is 1.99. The maximum atomic E-state index is 5.72. The molecule has 1 heterocycles. The van der Waals surface area contributed by atoms with Crippen molar-refractivity contribution in [2.24, 2.45) is 10.7 Å². The number of nitrogens with two attached hydrogens (primary N) is 1. The summed E-state index contributed by atoms with van der Waals surface area (Å²) in [5.41, 5.74) is 5.72. The molecule has 2 fully saturated rings. The molecule has 12 heavy (non-hydrogen) atoms. The number of nitrogens with one attached hydrogen (secondary N) is 1. The lowest BCUT2D eigenvalue weighted by molar-refractivity contribution is 0.671. The lowest BCUT2D eigenvalue weighted by Gasteiger charge is -2.11. The SMILES string of the molecule is NC(=NC1CC1)NC1CCSC1. The average molecular weight is 185 g/mol. The van der Waals surface area contributed by atoms with Gasteiger partial charge in [-0.3, -0.25) is 4.99 Å². The summed E-state index contributed by atoms with van der Waals surface area (Å²) in [6, 6.07) is 1.10. The molecule has 0 bridgehead atoms.